The van der Waals surface area contributed by atoms with Crippen LogP contribution in [0.2, 0.25) is 0 Å². The Morgan fingerprint density at radius 2 is 1.46 bits per heavy atom. The largest absolute Gasteiger partial charge is 0.300 e. The number of ketones is 1. The van der Waals surface area contributed by atoms with Crippen molar-refractivity contribution in [2.45, 2.75) is 32.1 Å². The highest BCUT2D eigenvalue weighted by Gasteiger charge is 2.05. The molecule has 1 aromatic heterocycles. The second-order valence-corrected chi connectivity index (χ2v) is 3.01. The number of carbonyl (C=O) groups is 1. The molecule has 0 saturated heterocycles. The summed E-state index contributed by atoms with van der Waals surface area (Å²) in [6, 6.07) is 3.65. The second-order valence-electron chi connectivity index (χ2n) is 3.01. The van der Waals surface area contributed by atoms with Crippen molar-refractivity contribution >= 4 is 5.78 Å². The van der Waals surface area contributed by atoms with E-state index >= 15 is 0 Å². The normalized spacial score (nSPS) is 15.8. The summed E-state index contributed by atoms with van der Waals surface area (Å²) < 4.78 is 0. The van der Waals surface area contributed by atoms with Gasteiger partial charge in [0.1, 0.15) is 5.78 Å². The van der Waals surface area contributed by atoms with Crippen molar-refractivity contribution in [3.05, 3.63) is 24.5 Å². The van der Waals surface area contributed by atoms with Gasteiger partial charge in [-0.3, -0.25) is 4.79 Å². The van der Waals surface area contributed by atoms with Gasteiger partial charge in [-0.1, -0.05) is 6.42 Å². The van der Waals surface area contributed by atoms with Crippen molar-refractivity contribution in [3.63, 3.8) is 0 Å². The fraction of sp³-hybridized carbons (Fsp3) is 0.500. The molecular weight excluding hydrogens is 164 g/mol. The third-order valence-electron chi connectivity index (χ3n) is 1.89. The molecule has 0 atom stereocenters. The fourth-order valence-electron chi connectivity index (χ4n) is 1.20. The summed E-state index contributed by atoms with van der Waals surface area (Å²) in [5, 5.41) is 7.07. The van der Waals surface area contributed by atoms with E-state index < -0.39 is 0 Å². The van der Waals surface area contributed by atoms with Crippen LogP contribution in [0.25, 0.3) is 0 Å². The van der Waals surface area contributed by atoms with Crippen LogP contribution in [0.4, 0.5) is 0 Å². The maximum absolute atomic E-state index is 10.5. The summed E-state index contributed by atoms with van der Waals surface area (Å²) in [6.45, 7) is 0. The molecule has 0 bridgehead atoms. The van der Waals surface area contributed by atoms with Gasteiger partial charge in [0.25, 0.3) is 0 Å². The predicted molar refractivity (Wildman–Crippen MR) is 50.1 cm³/mol. The number of aromatic nitrogens is 2. The van der Waals surface area contributed by atoms with E-state index in [0.717, 1.165) is 25.7 Å². The smallest absolute Gasteiger partial charge is 0.132 e. The molecule has 0 amide bonds. The van der Waals surface area contributed by atoms with Crippen molar-refractivity contribution < 1.29 is 4.79 Å². The van der Waals surface area contributed by atoms with E-state index in [1.54, 1.807) is 12.4 Å². The maximum Gasteiger partial charge on any atom is 0.132 e. The third kappa shape index (κ3) is 5.06. The van der Waals surface area contributed by atoms with E-state index in [0.29, 0.717) is 5.78 Å². The van der Waals surface area contributed by atoms with Crippen LogP contribution < -0.4 is 0 Å². The van der Waals surface area contributed by atoms with Gasteiger partial charge in [0.2, 0.25) is 0 Å². The number of rotatable bonds is 0. The summed E-state index contributed by atoms with van der Waals surface area (Å²) >= 11 is 0. The first-order valence-electron chi connectivity index (χ1n) is 4.63. The molecule has 0 radical (unpaired) electrons. The minimum absolute atomic E-state index is 0.464. The number of nitrogens with zero attached hydrogens (tertiary/aromatic N) is 2. The van der Waals surface area contributed by atoms with E-state index in [4.69, 9.17) is 0 Å². The molecule has 1 heterocycles. The average Bonchev–Trinajstić information content (AvgIpc) is 2.22. The van der Waals surface area contributed by atoms with E-state index in [2.05, 4.69) is 10.2 Å². The first-order chi connectivity index (χ1) is 6.39. The lowest BCUT2D eigenvalue weighted by molar-refractivity contribution is -0.120. The lowest BCUT2D eigenvalue weighted by Gasteiger charge is -2.05. The van der Waals surface area contributed by atoms with E-state index in [-0.39, 0.29) is 0 Å². The monoisotopic (exact) mass is 178 g/mol. The molecule has 3 nitrogen and oxygen atoms in total. The average molecular weight is 178 g/mol. The van der Waals surface area contributed by atoms with Gasteiger partial charge in [0, 0.05) is 25.2 Å². The Hall–Kier alpha value is -1.25. The Morgan fingerprint density at radius 3 is 1.69 bits per heavy atom. The molecule has 0 N–H and O–H groups in total. The molecule has 1 aromatic rings. The van der Waals surface area contributed by atoms with Crippen LogP contribution >= 0.6 is 0 Å². The van der Waals surface area contributed by atoms with Gasteiger partial charge in [0.05, 0.1) is 0 Å². The Bertz CT molecular complexity index is 201. The molecular formula is C10H14N2O. The molecule has 0 spiro atoms. The van der Waals surface area contributed by atoms with Crippen molar-refractivity contribution in [1.82, 2.24) is 10.2 Å². The highest BCUT2D eigenvalue weighted by Crippen LogP contribution is 2.12. The summed E-state index contributed by atoms with van der Waals surface area (Å²) in [5.41, 5.74) is 0. The van der Waals surface area contributed by atoms with Crippen molar-refractivity contribution in [3.8, 4) is 0 Å². The van der Waals surface area contributed by atoms with Gasteiger partial charge in [-0.25, -0.2) is 0 Å². The zero-order chi connectivity index (χ0) is 9.36. The van der Waals surface area contributed by atoms with E-state index in [1.807, 2.05) is 12.1 Å². The first kappa shape index (κ1) is 9.84. The van der Waals surface area contributed by atoms with Gasteiger partial charge in [-0.05, 0) is 25.0 Å². The molecule has 0 unspecified atom stereocenters. The summed E-state index contributed by atoms with van der Waals surface area (Å²) in [5.74, 6) is 0.464. The Labute approximate surface area is 78.2 Å². The molecule has 1 fully saturated rings. The maximum atomic E-state index is 10.5. The highest BCUT2D eigenvalue weighted by atomic mass is 16.1. The summed E-state index contributed by atoms with van der Waals surface area (Å²) in [6.07, 6.45) is 8.52. The number of hydrogen-bond donors (Lipinski definition) is 0. The van der Waals surface area contributed by atoms with Crippen molar-refractivity contribution in [2.24, 2.45) is 0 Å². The van der Waals surface area contributed by atoms with Crippen LogP contribution in [0.5, 0.6) is 0 Å². The van der Waals surface area contributed by atoms with Crippen molar-refractivity contribution in [1.29, 1.82) is 0 Å². The van der Waals surface area contributed by atoms with Gasteiger partial charge < -0.3 is 0 Å². The van der Waals surface area contributed by atoms with Gasteiger partial charge >= 0.3 is 0 Å². The molecule has 2 rings (SSSR count). The quantitative estimate of drug-likeness (QED) is 0.610. The predicted octanol–water partition coefficient (Wildman–Crippen LogP) is 2.00. The molecule has 0 aromatic carbocycles. The van der Waals surface area contributed by atoms with Crippen molar-refractivity contribution in [2.75, 3.05) is 0 Å². The Morgan fingerprint density at radius 1 is 0.923 bits per heavy atom. The third-order valence-corrected chi connectivity index (χ3v) is 1.89. The SMILES string of the molecule is O=C1CCCCC1.c1ccnnc1. The topological polar surface area (TPSA) is 42.9 Å². The molecule has 13 heavy (non-hydrogen) atoms. The molecule has 0 aliphatic heterocycles. The number of Topliss-reactive ketones (excluding diaryl/α,β-unsaturated/α-hetero) is 1. The van der Waals surface area contributed by atoms with Crippen LogP contribution in [0, 0.1) is 0 Å². The first-order valence-corrected chi connectivity index (χ1v) is 4.63. The molecule has 1 aliphatic rings. The zero-order valence-electron chi connectivity index (χ0n) is 7.65. The van der Waals surface area contributed by atoms with Gasteiger partial charge in [0.15, 0.2) is 0 Å². The van der Waals surface area contributed by atoms with Crippen LogP contribution in [-0.4, -0.2) is 16.0 Å². The zero-order valence-corrected chi connectivity index (χ0v) is 7.65. The van der Waals surface area contributed by atoms with Crippen LogP contribution in [0.3, 0.4) is 0 Å². The minimum atomic E-state index is 0.464. The van der Waals surface area contributed by atoms with Gasteiger partial charge in [-0.15, -0.1) is 0 Å². The van der Waals surface area contributed by atoms with Crippen LogP contribution in [0.15, 0.2) is 24.5 Å². The second kappa shape index (κ2) is 6.29. The minimum Gasteiger partial charge on any atom is -0.300 e. The molecule has 1 saturated carbocycles. The number of hydrogen-bond acceptors (Lipinski definition) is 3. The molecule has 70 valence electrons. The lowest BCUT2D eigenvalue weighted by atomic mass is 10.00. The van der Waals surface area contributed by atoms with E-state index in [1.165, 1.54) is 6.42 Å². The molecule has 1 aliphatic carbocycles. The fourth-order valence-corrected chi connectivity index (χ4v) is 1.20. The van der Waals surface area contributed by atoms with Crippen LogP contribution in [-0.2, 0) is 4.79 Å². The lowest BCUT2D eigenvalue weighted by Crippen LogP contribution is -2.02. The Kier molecular flexibility index (Phi) is 4.76. The summed E-state index contributed by atoms with van der Waals surface area (Å²) in [4.78, 5) is 10.5. The van der Waals surface area contributed by atoms with Crippen LogP contribution in [0.1, 0.15) is 32.1 Å². The van der Waals surface area contributed by atoms with E-state index in [9.17, 15) is 4.79 Å². The number of carbonyl (C=O) groups excluding carboxylic acids is 1. The summed E-state index contributed by atoms with van der Waals surface area (Å²) in [7, 11) is 0. The highest BCUT2D eigenvalue weighted by molar-refractivity contribution is 5.78. The molecule has 3 heteroatoms. The standard InChI is InChI=1S/C6H10O.C4H4N2/c7-6-4-2-1-3-5-6;1-2-4-6-5-3-1/h1-5H2;1-4H. The van der Waals surface area contributed by atoms with Gasteiger partial charge in [-0.2, -0.15) is 10.2 Å². The Balaban J connectivity index is 0.000000132.